The minimum atomic E-state index is 0.435. The summed E-state index contributed by atoms with van der Waals surface area (Å²) in [6.07, 6.45) is 9.13. The lowest BCUT2D eigenvalue weighted by Gasteiger charge is -2.24. The van der Waals surface area contributed by atoms with Gasteiger partial charge in [-0.3, -0.25) is 0 Å². The summed E-state index contributed by atoms with van der Waals surface area (Å²) in [7, 11) is 0. The second kappa shape index (κ2) is 6.74. The number of hydrogen-bond donors (Lipinski definition) is 2. The molecule has 0 amide bonds. The van der Waals surface area contributed by atoms with Gasteiger partial charge in [0.1, 0.15) is 17.6 Å². The molecule has 1 saturated carbocycles. The summed E-state index contributed by atoms with van der Waals surface area (Å²) in [6, 6.07) is 6.62. The number of piperidine rings is 1. The fraction of sp³-hybridized carbons (Fsp3) is 0.526. The van der Waals surface area contributed by atoms with E-state index >= 15 is 0 Å². The van der Waals surface area contributed by atoms with Crippen LogP contribution in [-0.4, -0.2) is 29.1 Å². The largest absolute Gasteiger partial charge is 0.366 e. The van der Waals surface area contributed by atoms with E-state index < -0.39 is 0 Å². The van der Waals surface area contributed by atoms with Gasteiger partial charge in [-0.25, -0.2) is 9.97 Å². The van der Waals surface area contributed by atoms with Crippen molar-refractivity contribution in [2.45, 2.75) is 50.5 Å². The molecule has 2 aromatic rings. The quantitative estimate of drug-likeness (QED) is 0.907. The van der Waals surface area contributed by atoms with Gasteiger partial charge in [-0.1, -0.05) is 12.8 Å². The van der Waals surface area contributed by atoms with E-state index in [1.54, 1.807) is 0 Å². The van der Waals surface area contributed by atoms with Crippen molar-refractivity contribution in [2.75, 3.05) is 18.4 Å². The minimum Gasteiger partial charge on any atom is -0.366 e. The van der Waals surface area contributed by atoms with Crippen LogP contribution in [0.2, 0.25) is 0 Å². The number of nitrogens with one attached hydrogen (secondary N) is 2. The number of nitriles is 1. The maximum Gasteiger partial charge on any atom is 0.141 e. The smallest absolute Gasteiger partial charge is 0.141 e. The molecule has 1 aliphatic carbocycles. The van der Waals surface area contributed by atoms with Crippen molar-refractivity contribution in [3.05, 3.63) is 29.7 Å². The first-order valence-corrected chi connectivity index (χ1v) is 9.01. The number of nitrogens with zero attached hydrogens (tertiary/aromatic N) is 3. The molecule has 3 heterocycles. The maximum atomic E-state index is 9.28. The highest BCUT2D eigenvalue weighted by Gasteiger charge is 2.22. The highest BCUT2D eigenvalue weighted by Crippen LogP contribution is 2.37. The predicted octanol–water partition coefficient (Wildman–Crippen LogP) is 3.32. The molecule has 2 fully saturated rings. The lowest BCUT2D eigenvalue weighted by atomic mass is 9.97. The second-order valence-corrected chi connectivity index (χ2v) is 6.96. The predicted molar refractivity (Wildman–Crippen MR) is 95.0 cm³/mol. The molecule has 5 nitrogen and oxygen atoms in total. The first-order valence-electron chi connectivity index (χ1n) is 9.01. The van der Waals surface area contributed by atoms with Gasteiger partial charge in [0.2, 0.25) is 0 Å². The van der Waals surface area contributed by atoms with E-state index in [0.717, 1.165) is 35.4 Å². The van der Waals surface area contributed by atoms with Crippen LogP contribution < -0.4 is 10.6 Å². The Balaban J connectivity index is 1.71. The van der Waals surface area contributed by atoms with Crippen molar-refractivity contribution in [3.63, 3.8) is 0 Å². The van der Waals surface area contributed by atoms with Crippen LogP contribution in [0.15, 0.2) is 18.3 Å². The molecule has 1 atom stereocenters. The Kier molecular flexibility index (Phi) is 4.31. The number of pyridine rings is 2. The number of fused-ring (bicyclic) bond motifs is 1. The Labute approximate surface area is 142 Å². The molecular formula is C19H23N5. The van der Waals surface area contributed by atoms with Crippen LogP contribution in [0.25, 0.3) is 10.8 Å². The van der Waals surface area contributed by atoms with Crippen LogP contribution in [0, 0.1) is 11.3 Å². The lowest BCUT2D eigenvalue weighted by Crippen LogP contribution is -2.38. The fourth-order valence-corrected chi connectivity index (χ4v) is 4.00. The first kappa shape index (κ1) is 15.3. The Morgan fingerprint density at radius 1 is 1.17 bits per heavy atom. The summed E-state index contributed by atoms with van der Waals surface area (Å²) in [5.41, 5.74) is 1.59. The number of rotatable bonds is 3. The molecule has 0 radical (unpaired) electrons. The molecule has 2 N–H and O–H groups in total. The third-order valence-corrected chi connectivity index (χ3v) is 5.25. The molecular weight excluding hydrogens is 298 g/mol. The molecule has 1 aliphatic heterocycles. The van der Waals surface area contributed by atoms with Gasteiger partial charge in [-0.05, 0) is 44.4 Å². The van der Waals surface area contributed by atoms with Gasteiger partial charge >= 0.3 is 0 Å². The molecule has 0 aromatic carbocycles. The van der Waals surface area contributed by atoms with Gasteiger partial charge in [0.15, 0.2) is 0 Å². The van der Waals surface area contributed by atoms with Gasteiger partial charge in [0.25, 0.3) is 0 Å². The van der Waals surface area contributed by atoms with E-state index in [1.807, 2.05) is 12.3 Å². The summed E-state index contributed by atoms with van der Waals surface area (Å²) in [5.74, 6) is 1.40. The second-order valence-electron chi connectivity index (χ2n) is 6.96. The summed E-state index contributed by atoms with van der Waals surface area (Å²) >= 11 is 0. The monoisotopic (exact) mass is 321 g/mol. The average Bonchev–Trinajstić information content (AvgIpc) is 3.16. The molecule has 124 valence electrons. The van der Waals surface area contributed by atoms with Crippen LogP contribution in [0.4, 0.5) is 5.82 Å². The highest BCUT2D eigenvalue weighted by atomic mass is 15.1. The normalized spacial score (nSPS) is 21.7. The van der Waals surface area contributed by atoms with E-state index in [9.17, 15) is 5.26 Å². The zero-order valence-corrected chi connectivity index (χ0v) is 13.9. The van der Waals surface area contributed by atoms with Crippen molar-refractivity contribution in [1.29, 1.82) is 5.26 Å². The molecule has 1 saturated heterocycles. The van der Waals surface area contributed by atoms with Crippen molar-refractivity contribution in [1.82, 2.24) is 15.3 Å². The zero-order chi connectivity index (χ0) is 16.4. The Morgan fingerprint density at radius 2 is 2.04 bits per heavy atom. The molecule has 5 heteroatoms. The summed E-state index contributed by atoms with van der Waals surface area (Å²) in [6.45, 7) is 2.09. The van der Waals surface area contributed by atoms with Crippen molar-refractivity contribution in [2.24, 2.45) is 0 Å². The SMILES string of the molecule is N#Cc1cc2cnc(NC3CCCNC3)cc2c(C2CCCC2)n1. The van der Waals surface area contributed by atoms with E-state index in [2.05, 4.69) is 32.7 Å². The van der Waals surface area contributed by atoms with Gasteiger partial charge in [-0.2, -0.15) is 5.26 Å². The average molecular weight is 321 g/mol. The standard InChI is InChI=1S/C19H23N5/c20-10-16-8-14-11-22-18(23-15-6-3-7-21-12-15)9-17(14)19(24-16)13-4-1-2-5-13/h8-9,11,13,15,21H,1-7,12H2,(H,22,23). The summed E-state index contributed by atoms with van der Waals surface area (Å²) in [5, 5.41) is 18.4. The van der Waals surface area contributed by atoms with Gasteiger partial charge < -0.3 is 10.6 Å². The van der Waals surface area contributed by atoms with Gasteiger partial charge in [0, 0.05) is 35.5 Å². The van der Waals surface area contributed by atoms with Crippen molar-refractivity contribution in [3.8, 4) is 6.07 Å². The molecule has 2 aliphatic rings. The van der Waals surface area contributed by atoms with Gasteiger partial charge in [-0.15, -0.1) is 0 Å². The van der Waals surface area contributed by atoms with E-state index in [0.29, 0.717) is 17.7 Å². The maximum absolute atomic E-state index is 9.28. The Bertz CT molecular complexity index is 767. The van der Waals surface area contributed by atoms with E-state index in [4.69, 9.17) is 0 Å². The molecule has 4 rings (SSSR count). The third kappa shape index (κ3) is 3.07. The molecule has 1 unspecified atom stereocenters. The highest BCUT2D eigenvalue weighted by molar-refractivity contribution is 5.87. The van der Waals surface area contributed by atoms with Crippen LogP contribution in [-0.2, 0) is 0 Å². The minimum absolute atomic E-state index is 0.435. The number of anilines is 1. The number of aromatic nitrogens is 2. The molecule has 0 bridgehead atoms. The van der Waals surface area contributed by atoms with Crippen LogP contribution in [0.5, 0.6) is 0 Å². The fourth-order valence-electron chi connectivity index (χ4n) is 4.00. The zero-order valence-electron chi connectivity index (χ0n) is 13.9. The van der Waals surface area contributed by atoms with Crippen molar-refractivity contribution >= 4 is 16.6 Å². The molecule has 24 heavy (non-hydrogen) atoms. The Morgan fingerprint density at radius 3 is 2.79 bits per heavy atom. The topological polar surface area (TPSA) is 73.6 Å². The first-order chi connectivity index (χ1) is 11.8. The van der Waals surface area contributed by atoms with E-state index in [1.165, 1.54) is 38.5 Å². The number of hydrogen-bond acceptors (Lipinski definition) is 5. The molecule has 2 aromatic heterocycles. The summed E-state index contributed by atoms with van der Waals surface area (Å²) < 4.78 is 0. The van der Waals surface area contributed by atoms with E-state index in [-0.39, 0.29) is 0 Å². The third-order valence-electron chi connectivity index (χ3n) is 5.25. The van der Waals surface area contributed by atoms with Gasteiger partial charge in [0.05, 0.1) is 5.69 Å². The van der Waals surface area contributed by atoms with Crippen molar-refractivity contribution < 1.29 is 0 Å². The Hall–Kier alpha value is -2.19. The lowest BCUT2D eigenvalue weighted by molar-refractivity contribution is 0.479. The van der Waals surface area contributed by atoms with Crippen LogP contribution >= 0.6 is 0 Å². The van der Waals surface area contributed by atoms with Crippen LogP contribution in [0.1, 0.15) is 55.8 Å². The van der Waals surface area contributed by atoms with Crippen LogP contribution in [0.3, 0.4) is 0 Å². The molecule has 0 spiro atoms. The summed E-state index contributed by atoms with van der Waals surface area (Å²) in [4.78, 5) is 9.23.